The summed E-state index contributed by atoms with van der Waals surface area (Å²) in [5, 5.41) is 6.11. The molecule has 7 heteroatoms. The molecule has 2 amide bonds. The van der Waals surface area contributed by atoms with Gasteiger partial charge in [0.05, 0.1) is 12.1 Å². The fourth-order valence-electron chi connectivity index (χ4n) is 5.15. The Kier molecular flexibility index (Phi) is 4.85. The van der Waals surface area contributed by atoms with Crippen LogP contribution in [0.15, 0.2) is 36.4 Å². The molecule has 2 unspecified atom stereocenters. The molecule has 0 bridgehead atoms. The Morgan fingerprint density at radius 2 is 1.87 bits per heavy atom. The van der Waals surface area contributed by atoms with Crippen LogP contribution in [0.2, 0.25) is 0 Å². The Balaban J connectivity index is 1.31. The molecule has 1 spiro atoms. The number of carbonyl (C=O) groups excluding carboxylic acids is 1. The number of urea groups is 1. The molecule has 0 saturated carbocycles. The molecule has 0 aromatic heterocycles. The molecule has 158 valence electrons. The van der Waals surface area contributed by atoms with Crippen LogP contribution in [-0.4, -0.2) is 31.9 Å². The standard InChI is InChI=1S/C23H24F2N2O3/c24-16-9-15-10-17(13-30-20(15)19(25)11-16)26-22(28)27-21-18-4-2-1-3-14(18)12-23(21)5-7-29-8-6-23/h1-4,9,11,17,21H,5-8,10,12-13H2,(H2,26,27,28). The molecule has 5 nitrogen and oxygen atoms in total. The third-order valence-electron chi connectivity index (χ3n) is 6.60. The first-order chi connectivity index (χ1) is 14.5. The van der Waals surface area contributed by atoms with Crippen LogP contribution in [0.25, 0.3) is 0 Å². The topological polar surface area (TPSA) is 59.6 Å². The molecule has 2 aromatic rings. The second-order valence-electron chi connectivity index (χ2n) is 8.49. The van der Waals surface area contributed by atoms with Crippen molar-refractivity contribution >= 4 is 6.03 Å². The average molecular weight is 414 g/mol. The lowest BCUT2D eigenvalue weighted by molar-refractivity contribution is 0.00204. The van der Waals surface area contributed by atoms with Crippen LogP contribution in [0.5, 0.6) is 5.75 Å². The van der Waals surface area contributed by atoms with E-state index >= 15 is 0 Å². The van der Waals surface area contributed by atoms with Crippen molar-refractivity contribution in [2.45, 2.75) is 37.8 Å². The van der Waals surface area contributed by atoms with E-state index in [-0.39, 0.29) is 35.9 Å². The first-order valence-corrected chi connectivity index (χ1v) is 10.4. The van der Waals surface area contributed by atoms with Gasteiger partial charge >= 0.3 is 6.03 Å². The molecular formula is C23H24F2N2O3. The predicted octanol–water partition coefficient (Wildman–Crippen LogP) is 3.66. The number of carbonyl (C=O) groups is 1. The van der Waals surface area contributed by atoms with Crippen molar-refractivity contribution in [3.05, 3.63) is 64.7 Å². The average Bonchev–Trinajstić information content (AvgIpc) is 3.00. The van der Waals surface area contributed by atoms with Gasteiger partial charge in [-0.15, -0.1) is 0 Å². The van der Waals surface area contributed by atoms with E-state index in [9.17, 15) is 13.6 Å². The van der Waals surface area contributed by atoms with Gasteiger partial charge in [0, 0.05) is 30.3 Å². The van der Waals surface area contributed by atoms with Gasteiger partial charge in [-0.25, -0.2) is 13.6 Å². The van der Waals surface area contributed by atoms with Gasteiger partial charge in [-0.05, 0) is 42.9 Å². The molecule has 1 fully saturated rings. The zero-order chi connectivity index (χ0) is 20.7. The molecule has 30 heavy (non-hydrogen) atoms. The minimum Gasteiger partial charge on any atom is -0.488 e. The lowest BCUT2D eigenvalue weighted by atomic mass is 9.74. The fraction of sp³-hybridized carbons (Fsp3) is 0.435. The summed E-state index contributed by atoms with van der Waals surface area (Å²) in [6.45, 7) is 1.53. The van der Waals surface area contributed by atoms with Gasteiger partial charge in [0.15, 0.2) is 11.6 Å². The Morgan fingerprint density at radius 3 is 2.70 bits per heavy atom. The van der Waals surface area contributed by atoms with Crippen molar-refractivity contribution in [2.75, 3.05) is 19.8 Å². The first kappa shape index (κ1) is 19.3. The summed E-state index contributed by atoms with van der Waals surface area (Å²) >= 11 is 0. The van der Waals surface area contributed by atoms with Crippen LogP contribution in [0.3, 0.4) is 0 Å². The van der Waals surface area contributed by atoms with Crippen LogP contribution < -0.4 is 15.4 Å². The number of benzene rings is 2. The SMILES string of the molecule is O=C(NC1COc2c(F)cc(F)cc2C1)NC1c2ccccc2CC12CCOCC2. The van der Waals surface area contributed by atoms with Crippen molar-refractivity contribution in [3.8, 4) is 5.75 Å². The molecule has 0 radical (unpaired) electrons. The van der Waals surface area contributed by atoms with Crippen molar-refractivity contribution in [3.63, 3.8) is 0 Å². The molecule has 2 atom stereocenters. The zero-order valence-electron chi connectivity index (χ0n) is 16.5. The van der Waals surface area contributed by atoms with E-state index < -0.39 is 11.6 Å². The second-order valence-corrected chi connectivity index (χ2v) is 8.49. The third kappa shape index (κ3) is 3.41. The number of hydrogen-bond acceptors (Lipinski definition) is 3. The maximum absolute atomic E-state index is 13.9. The summed E-state index contributed by atoms with van der Waals surface area (Å²) < 4.78 is 38.4. The smallest absolute Gasteiger partial charge is 0.315 e. The van der Waals surface area contributed by atoms with Crippen LogP contribution in [0.1, 0.15) is 35.6 Å². The molecule has 1 aliphatic carbocycles. The number of ether oxygens (including phenoxy) is 2. The highest BCUT2D eigenvalue weighted by Gasteiger charge is 2.47. The van der Waals surface area contributed by atoms with Crippen LogP contribution >= 0.6 is 0 Å². The summed E-state index contributed by atoms with van der Waals surface area (Å²) in [7, 11) is 0. The van der Waals surface area contributed by atoms with E-state index in [2.05, 4.69) is 22.8 Å². The van der Waals surface area contributed by atoms with Gasteiger partial charge in [0.25, 0.3) is 0 Å². The number of rotatable bonds is 2. The lowest BCUT2D eigenvalue weighted by Gasteiger charge is -2.39. The molecular weight excluding hydrogens is 390 g/mol. The summed E-state index contributed by atoms with van der Waals surface area (Å²) in [5.41, 5.74) is 2.81. The van der Waals surface area contributed by atoms with Crippen molar-refractivity contribution < 1.29 is 23.0 Å². The van der Waals surface area contributed by atoms with Crippen molar-refractivity contribution in [2.24, 2.45) is 5.41 Å². The molecule has 2 aromatic carbocycles. The summed E-state index contributed by atoms with van der Waals surface area (Å²) in [6, 6.07) is 9.56. The highest BCUT2D eigenvalue weighted by atomic mass is 19.1. The highest BCUT2D eigenvalue weighted by Crippen LogP contribution is 2.51. The monoisotopic (exact) mass is 414 g/mol. The molecule has 1 saturated heterocycles. The summed E-state index contributed by atoms with van der Waals surface area (Å²) in [4.78, 5) is 12.9. The number of hydrogen-bond donors (Lipinski definition) is 2. The van der Waals surface area contributed by atoms with Gasteiger partial charge < -0.3 is 20.1 Å². The third-order valence-corrected chi connectivity index (χ3v) is 6.60. The van der Waals surface area contributed by atoms with E-state index in [1.54, 1.807) is 0 Å². The Bertz CT molecular complexity index is 975. The van der Waals surface area contributed by atoms with Crippen LogP contribution in [0.4, 0.5) is 13.6 Å². The van der Waals surface area contributed by atoms with Crippen LogP contribution in [-0.2, 0) is 17.6 Å². The summed E-state index contributed by atoms with van der Waals surface area (Å²) in [5.74, 6) is -1.29. The van der Waals surface area contributed by atoms with E-state index in [1.807, 2.05) is 12.1 Å². The maximum Gasteiger partial charge on any atom is 0.315 e. The van der Waals surface area contributed by atoms with Crippen molar-refractivity contribution in [1.29, 1.82) is 0 Å². The molecule has 2 heterocycles. The Morgan fingerprint density at radius 1 is 1.07 bits per heavy atom. The normalized spacial score (nSPS) is 23.9. The number of amides is 2. The van der Waals surface area contributed by atoms with E-state index in [1.165, 1.54) is 11.6 Å². The highest BCUT2D eigenvalue weighted by molar-refractivity contribution is 5.75. The Labute approximate surface area is 173 Å². The van der Waals surface area contributed by atoms with E-state index in [0.29, 0.717) is 25.2 Å². The molecule has 3 aliphatic rings. The largest absolute Gasteiger partial charge is 0.488 e. The second kappa shape index (κ2) is 7.54. The van der Waals surface area contributed by atoms with Crippen LogP contribution in [0, 0.1) is 17.0 Å². The van der Waals surface area contributed by atoms with Gasteiger partial charge in [-0.3, -0.25) is 0 Å². The van der Waals surface area contributed by atoms with Gasteiger partial charge in [0.1, 0.15) is 12.4 Å². The fourth-order valence-corrected chi connectivity index (χ4v) is 5.15. The van der Waals surface area contributed by atoms with Gasteiger partial charge in [0.2, 0.25) is 0 Å². The molecule has 2 N–H and O–H groups in total. The van der Waals surface area contributed by atoms with E-state index in [0.717, 1.165) is 30.9 Å². The lowest BCUT2D eigenvalue weighted by Crippen LogP contribution is -2.51. The molecule has 5 rings (SSSR count). The Hall–Kier alpha value is -2.67. The predicted molar refractivity (Wildman–Crippen MR) is 106 cm³/mol. The van der Waals surface area contributed by atoms with Crippen molar-refractivity contribution in [1.82, 2.24) is 10.6 Å². The van der Waals surface area contributed by atoms with E-state index in [4.69, 9.17) is 9.47 Å². The minimum atomic E-state index is -0.711. The quantitative estimate of drug-likeness (QED) is 0.789. The number of nitrogens with one attached hydrogen (secondary N) is 2. The van der Waals surface area contributed by atoms with Gasteiger partial charge in [-0.2, -0.15) is 0 Å². The summed E-state index contributed by atoms with van der Waals surface area (Å²) in [6.07, 6.45) is 3.03. The number of fused-ring (bicyclic) bond motifs is 2. The number of halogens is 2. The maximum atomic E-state index is 13.9. The van der Waals surface area contributed by atoms with Gasteiger partial charge in [-0.1, -0.05) is 24.3 Å². The first-order valence-electron chi connectivity index (χ1n) is 10.4. The zero-order valence-corrected chi connectivity index (χ0v) is 16.5. The minimum absolute atomic E-state index is 0.0405. The molecule has 2 aliphatic heterocycles.